The van der Waals surface area contributed by atoms with E-state index >= 15 is 0 Å². The fourth-order valence-electron chi connectivity index (χ4n) is 9.35. The molecule has 1 saturated heterocycles. The van der Waals surface area contributed by atoms with Crippen molar-refractivity contribution in [2.45, 2.75) is 125 Å². The number of carbonyl (C=O) groups is 1. The molecule has 0 radical (unpaired) electrons. The van der Waals surface area contributed by atoms with Crippen LogP contribution in [0.5, 0.6) is 0 Å². The van der Waals surface area contributed by atoms with E-state index in [2.05, 4.69) is 6.92 Å². The highest BCUT2D eigenvalue weighted by Gasteiger charge is 2.71. The van der Waals surface area contributed by atoms with Crippen LogP contribution >= 0.6 is 11.6 Å². The molecule has 1 unspecified atom stereocenters. The molecule has 9 nitrogen and oxygen atoms in total. The summed E-state index contributed by atoms with van der Waals surface area (Å²) in [5.41, 5.74) is -1.54. The van der Waals surface area contributed by atoms with E-state index in [4.69, 9.17) is 25.8 Å². The number of halogens is 1. The normalized spacial score (nSPS) is 56.5. The first kappa shape index (κ1) is 27.4. The SMILES string of the molecule is C[C@@H]1O[C@@H](O[C@H]2CCC3(Cl)[C@H]4CC[C@]5(C)[C@@H](C6=CC(=O)OC6)CC[C@]5(O)[C@@H]4CC[C@]3(O)C2)[C@H](O)[C@H](O)[C@H]1O. The van der Waals surface area contributed by atoms with Crippen LogP contribution in [0.4, 0.5) is 0 Å². The number of aliphatic hydroxyl groups is 5. The minimum Gasteiger partial charge on any atom is -0.458 e. The monoisotopic (exact) mass is 556 g/mol. The van der Waals surface area contributed by atoms with Gasteiger partial charge in [-0.2, -0.15) is 0 Å². The number of carbonyl (C=O) groups excluding carboxylic acids is 1. The number of rotatable bonds is 3. The molecule has 0 spiro atoms. The first-order valence-corrected chi connectivity index (χ1v) is 14.6. The largest absolute Gasteiger partial charge is 0.458 e. The summed E-state index contributed by atoms with van der Waals surface area (Å²) in [6.07, 6.45) is 0.721. The number of hydrogen-bond donors (Lipinski definition) is 5. The van der Waals surface area contributed by atoms with Gasteiger partial charge >= 0.3 is 5.97 Å². The van der Waals surface area contributed by atoms with Gasteiger partial charge in [0.2, 0.25) is 0 Å². The Morgan fingerprint density at radius 2 is 1.71 bits per heavy atom. The van der Waals surface area contributed by atoms with Crippen LogP contribution in [0.3, 0.4) is 0 Å². The maximum absolute atomic E-state index is 12.3. The molecule has 0 aromatic carbocycles. The van der Waals surface area contributed by atoms with Crippen LogP contribution in [-0.2, 0) is 19.0 Å². The van der Waals surface area contributed by atoms with Gasteiger partial charge in [-0.25, -0.2) is 4.79 Å². The van der Waals surface area contributed by atoms with Gasteiger partial charge in [0.25, 0.3) is 0 Å². The van der Waals surface area contributed by atoms with Gasteiger partial charge in [-0.15, -0.1) is 11.6 Å². The summed E-state index contributed by atoms with van der Waals surface area (Å²) in [4.78, 5) is 10.9. The molecule has 0 bridgehead atoms. The number of aliphatic hydroxyl groups excluding tert-OH is 3. The van der Waals surface area contributed by atoms with Crippen molar-refractivity contribution in [1.82, 2.24) is 0 Å². The molecule has 10 heteroatoms. The van der Waals surface area contributed by atoms with Crippen LogP contribution in [0.2, 0.25) is 0 Å². The standard InChI is InChI=1S/C28H41ClO9/c1-14-21(31)22(32)23(33)24(37-14)38-16-3-9-27(29)18-4-7-25(2)17(15-11-20(30)36-13-15)6-10-28(25,35)19(18)5-8-26(27,34)12-16/h11,14,16-19,21-24,31-35H,3-10,12-13H2,1-2H3/t14-,16-,17+,18-,19+,21-,22+,23+,24-,25+,26-,27?,28-/m0/s1. The average molecular weight is 557 g/mol. The number of ether oxygens (including phenoxy) is 3. The van der Waals surface area contributed by atoms with Crippen LogP contribution in [0, 0.1) is 23.2 Å². The highest BCUT2D eigenvalue weighted by atomic mass is 35.5. The number of cyclic esters (lactones) is 1. The van der Waals surface area contributed by atoms with E-state index in [1.54, 1.807) is 13.0 Å². The number of alkyl halides is 1. The molecule has 5 N–H and O–H groups in total. The third-order valence-electron chi connectivity index (χ3n) is 11.5. The third kappa shape index (κ3) is 3.73. The Hall–Kier alpha value is -0.780. The summed E-state index contributed by atoms with van der Waals surface area (Å²) in [7, 11) is 0. The lowest BCUT2D eigenvalue weighted by Crippen LogP contribution is -2.70. The first-order chi connectivity index (χ1) is 17.8. The average Bonchev–Trinajstić information content (AvgIpc) is 3.41. The van der Waals surface area contributed by atoms with Crippen molar-refractivity contribution in [3.05, 3.63) is 11.6 Å². The fraction of sp³-hybridized carbons (Fsp3) is 0.893. The van der Waals surface area contributed by atoms with Crippen molar-refractivity contribution in [1.29, 1.82) is 0 Å². The zero-order chi connectivity index (χ0) is 27.3. The van der Waals surface area contributed by atoms with Crippen molar-refractivity contribution < 1.29 is 44.5 Å². The van der Waals surface area contributed by atoms with E-state index in [0.29, 0.717) is 38.7 Å². The second-order valence-electron chi connectivity index (χ2n) is 13.1. The van der Waals surface area contributed by atoms with Crippen LogP contribution < -0.4 is 0 Å². The molecular weight excluding hydrogens is 516 g/mol. The molecule has 0 amide bonds. The predicted molar refractivity (Wildman–Crippen MR) is 135 cm³/mol. The predicted octanol–water partition coefficient (Wildman–Crippen LogP) is 1.54. The molecule has 5 fully saturated rings. The van der Waals surface area contributed by atoms with Gasteiger partial charge in [0.05, 0.1) is 28.3 Å². The molecule has 6 rings (SSSR count). The quantitative estimate of drug-likeness (QED) is 0.198. The number of hydrogen-bond acceptors (Lipinski definition) is 9. The van der Waals surface area contributed by atoms with Crippen molar-refractivity contribution >= 4 is 17.6 Å². The van der Waals surface area contributed by atoms with Gasteiger partial charge in [-0.3, -0.25) is 0 Å². The minimum atomic E-state index is -1.40. The second-order valence-corrected chi connectivity index (χ2v) is 13.8. The first-order valence-electron chi connectivity index (χ1n) is 14.2. The van der Waals surface area contributed by atoms with Gasteiger partial charge in [-0.05, 0) is 81.6 Å². The Labute approximate surface area is 228 Å². The van der Waals surface area contributed by atoms with E-state index in [1.165, 1.54) is 0 Å². The van der Waals surface area contributed by atoms with Crippen molar-refractivity contribution in [2.24, 2.45) is 23.2 Å². The lowest BCUT2D eigenvalue weighted by molar-refractivity contribution is -0.312. The van der Waals surface area contributed by atoms with E-state index < -0.39 is 52.9 Å². The zero-order valence-corrected chi connectivity index (χ0v) is 22.8. The number of esters is 1. The van der Waals surface area contributed by atoms with Gasteiger partial charge < -0.3 is 39.7 Å². The summed E-state index contributed by atoms with van der Waals surface area (Å²) >= 11 is 7.43. The summed E-state index contributed by atoms with van der Waals surface area (Å²) in [6, 6.07) is 0. The fourth-order valence-corrected chi connectivity index (χ4v) is 9.89. The molecule has 6 aliphatic rings. The van der Waals surface area contributed by atoms with Gasteiger partial charge in [0, 0.05) is 17.9 Å². The van der Waals surface area contributed by atoms with Crippen LogP contribution in [-0.4, -0.2) is 91.0 Å². The zero-order valence-electron chi connectivity index (χ0n) is 22.1. The third-order valence-corrected chi connectivity index (χ3v) is 12.4. The summed E-state index contributed by atoms with van der Waals surface area (Å²) in [5, 5.41) is 54.9. The molecular formula is C28H41ClO9. The van der Waals surface area contributed by atoms with Crippen LogP contribution in [0.25, 0.3) is 0 Å². The van der Waals surface area contributed by atoms with E-state index in [1.807, 2.05) is 0 Å². The molecule has 0 aromatic rings. The smallest absolute Gasteiger partial charge is 0.331 e. The lowest BCUT2D eigenvalue weighted by Gasteiger charge is -2.65. The lowest BCUT2D eigenvalue weighted by atomic mass is 9.46. The molecule has 0 aromatic heterocycles. The van der Waals surface area contributed by atoms with E-state index in [-0.39, 0.29) is 35.6 Å². The Morgan fingerprint density at radius 3 is 2.42 bits per heavy atom. The van der Waals surface area contributed by atoms with E-state index in [0.717, 1.165) is 24.8 Å². The number of fused-ring (bicyclic) bond motifs is 5. The summed E-state index contributed by atoms with van der Waals surface area (Å²) < 4.78 is 16.9. The summed E-state index contributed by atoms with van der Waals surface area (Å²) in [6.45, 7) is 4.07. The molecule has 13 atom stereocenters. The van der Waals surface area contributed by atoms with Crippen LogP contribution in [0.1, 0.15) is 71.6 Å². The maximum Gasteiger partial charge on any atom is 0.331 e. The molecule has 214 valence electrons. The Kier molecular flexibility index (Phi) is 6.57. The van der Waals surface area contributed by atoms with Gasteiger partial charge in [-0.1, -0.05) is 6.92 Å². The topological polar surface area (TPSA) is 146 Å². The Bertz CT molecular complexity index is 1010. The highest BCUT2D eigenvalue weighted by Crippen LogP contribution is 2.69. The van der Waals surface area contributed by atoms with Crippen LogP contribution in [0.15, 0.2) is 11.6 Å². The highest BCUT2D eigenvalue weighted by molar-refractivity contribution is 6.25. The van der Waals surface area contributed by atoms with Crippen molar-refractivity contribution in [3.63, 3.8) is 0 Å². The van der Waals surface area contributed by atoms with Crippen molar-refractivity contribution in [2.75, 3.05) is 6.61 Å². The second kappa shape index (κ2) is 9.11. The molecule has 4 aliphatic carbocycles. The molecule has 2 heterocycles. The Balaban J connectivity index is 1.19. The van der Waals surface area contributed by atoms with Gasteiger partial charge in [0.1, 0.15) is 24.9 Å². The molecule has 2 aliphatic heterocycles. The van der Waals surface area contributed by atoms with Gasteiger partial charge in [0.15, 0.2) is 6.29 Å². The Morgan fingerprint density at radius 1 is 0.974 bits per heavy atom. The minimum absolute atomic E-state index is 0.0545. The molecule has 4 saturated carbocycles. The van der Waals surface area contributed by atoms with E-state index in [9.17, 15) is 30.3 Å². The summed E-state index contributed by atoms with van der Waals surface area (Å²) in [5.74, 6) is -0.333. The maximum atomic E-state index is 12.3. The molecule has 38 heavy (non-hydrogen) atoms. The van der Waals surface area contributed by atoms with Crippen molar-refractivity contribution in [3.8, 4) is 0 Å².